The molecule has 0 bridgehead atoms. The van der Waals surface area contributed by atoms with Crippen LogP contribution in [0.15, 0.2) is 53.5 Å². The number of carboxylic acid groups (broad SMARTS) is 1. The highest BCUT2D eigenvalue weighted by Gasteiger charge is 2.04. The van der Waals surface area contributed by atoms with Crippen molar-refractivity contribution in [3.8, 4) is 0 Å². The minimum absolute atomic E-state index is 0.233. The Hall–Kier alpha value is -2.62. The molecule has 2 rings (SSSR count). The van der Waals surface area contributed by atoms with E-state index in [1.54, 1.807) is 24.5 Å². The van der Waals surface area contributed by atoms with Crippen molar-refractivity contribution in [2.45, 2.75) is 20.3 Å². The fourth-order valence-electron chi connectivity index (χ4n) is 2.24. The molecule has 0 saturated carbocycles. The van der Waals surface area contributed by atoms with Gasteiger partial charge in [-0.3, -0.25) is 0 Å². The molecule has 0 fully saturated rings. The van der Waals surface area contributed by atoms with E-state index in [4.69, 9.17) is 0 Å². The van der Waals surface area contributed by atoms with Crippen LogP contribution in [0.1, 0.15) is 29.8 Å². The van der Waals surface area contributed by atoms with Gasteiger partial charge in [0.15, 0.2) is 0 Å². The van der Waals surface area contributed by atoms with E-state index >= 15 is 0 Å². The highest BCUT2D eigenvalue weighted by atomic mass is 16.4. The number of carbonyl (C=O) groups excluding carboxylic acids is 1. The third-order valence-corrected chi connectivity index (χ3v) is 3.46. The fourth-order valence-corrected chi connectivity index (χ4v) is 2.24. The van der Waals surface area contributed by atoms with Crippen molar-refractivity contribution in [2.75, 3.05) is 11.4 Å². The molecule has 0 atom stereocenters. The van der Waals surface area contributed by atoms with E-state index in [2.05, 4.69) is 11.9 Å². The number of carboxylic acids is 1. The zero-order valence-corrected chi connectivity index (χ0v) is 12.8. The van der Waals surface area contributed by atoms with Gasteiger partial charge < -0.3 is 14.8 Å². The van der Waals surface area contributed by atoms with Gasteiger partial charge in [0, 0.05) is 17.8 Å². The van der Waals surface area contributed by atoms with Crippen molar-refractivity contribution >= 4 is 23.7 Å². The second-order valence-electron chi connectivity index (χ2n) is 4.85. The Morgan fingerprint density at radius 3 is 2.50 bits per heavy atom. The van der Waals surface area contributed by atoms with Crippen LogP contribution in [0.25, 0.3) is 0 Å². The number of carbonyl (C=O) groups is 1. The van der Waals surface area contributed by atoms with Crippen molar-refractivity contribution in [3.05, 3.63) is 59.7 Å². The molecule has 0 unspecified atom stereocenters. The number of hydrogen-bond acceptors (Lipinski definition) is 3. The minimum Gasteiger partial charge on any atom is -0.545 e. The van der Waals surface area contributed by atoms with E-state index in [-0.39, 0.29) is 5.56 Å². The van der Waals surface area contributed by atoms with E-state index < -0.39 is 5.97 Å². The first-order valence-electron chi connectivity index (χ1n) is 7.35. The molecule has 0 radical (unpaired) electrons. The van der Waals surface area contributed by atoms with Crippen LogP contribution in [0.2, 0.25) is 0 Å². The number of benzene rings is 2. The lowest BCUT2D eigenvalue weighted by Gasteiger charge is -2.17. The molecule has 0 amide bonds. The van der Waals surface area contributed by atoms with E-state index in [0.29, 0.717) is 6.42 Å². The predicted molar refractivity (Wildman–Crippen MR) is 87.8 cm³/mol. The second-order valence-corrected chi connectivity index (χ2v) is 4.85. The summed E-state index contributed by atoms with van der Waals surface area (Å²) in [6.45, 7) is 4.76. The van der Waals surface area contributed by atoms with Crippen molar-refractivity contribution < 1.29 is 9.90 Å². The molecule has 22 heavy (non-hydrogen) atoms. The van der Waals surface area contributed by atoms with E-state index in [1.807, 2.05) is 42.2 Å². The summed E-state index contributed by atoms with van der Waals surface area (Å²) in [5.41, 5.74) is 2.77. The quantitative estimate of drug-likeness (QED) is 0.608. The number of nitrogens with zero attached hydrogens (tertiary/aromatic N) is 2. The molecule has 114 valence electrons. The Bertz CT molecular complexity index is 666. The van der Waals surface area contributed by atoms with Crippen LogP contribution in [0.4, 0.5) is 11.4 Å². The summed E-state index contributed by atoms with van der Waals surface area (Å²) in [5.74, 6) is -1.15. The summed E-state index contributed by atoms with van der Waals surface area (Å²) < 4.78 is 0. The molecule has 0 aliphatic heterocycles. The molecule has 4 nitrogen and oxygen atoms in total. The van der Waals surface area contributed by atoms with Gasteiger partial charge in [-0.2, -0.15) is 0 Å². The zero-order chi connectivity index (χ0) is 15.9. The van der Waals surface area contributed by atoms with Gasteiger partial charge >= 0.3 is 0 Å². The van der Waals surface area contributed by atoms with Crippen LogP contribution in [0.3, 0.4) is 0 Å². The Balaban J connectivity index is 2.24. The topological polar surface area (TPSA) is 55.7 Å². The van der Waals surface area contributed by atoms with Gasteiger partial charge in [0.2, 0.25) is 0 Å². The first-order chi connectivity index (χ1) is 10.7. The molecule has 0 heterocycles. The van der Waals surface area contributed by atoms with Crippen molar-refractivity contribution in [3.63, 3.8) is 0 Å². The third-order valence-electron chi connectivity index (χ3n) is 3.46. The van der Waals surface area contributed by atoms with Gasteiger partial charge in [-0.1, -0.05) is 31.2 Å². The first kappa shape index (κ1) is 15.8. The molecule has 2 aromatic rings. The maximum absolute atomic E-state index is 11.0. The maximum Gasteiger partial charge on any atom is 0.0956 e. The zero-order valence-electron chi connectivity index (χ0n) is 12.8. The summed E-state index contributed by atoms with van der Waals surface area (Å²) >= 11 is 0. The van der Waals surface area contributed by atoms with Crippen molar-refractivity contribution in [1.82, 2.24) is 0 Å². The molecular weight excluding hydrogens is 276 g/mol. The molecule has 4 heteroatoms. The van der Waals surface area contributed by atoms with E-state index in [1.165, 1.54) is 0 Å². The molecule has 2 aromatic carbocycles. The predicted octanol–water partition coefficient (Wildman–Crippen LogP) is 2.80. The lowest BCUT2D eigenvalue weighted by Crippen LogP contribution is -2.23. The molecule has 0 saturated heterocycles. The number of hydrogen-bond donors (Lipinski definition) is 0. The van der Waals surface area contributed by atoms with Crippen molar-refractivity contribution in [2.24, 2.45) is 4.99 Å². The number of para-hydroxylation sites is 1. The lowest BCUT2D eigenvalue weighted by molar-refractivity contribution is -0.255. The van der Waals surface area contributed by atoms with Crippen LogP contribution >= 0.6 is 0 Å². The fraction of sp³-hybridized carbons (Fsp3) is 0.222. The smallest absolute Gasteiger partial charge is 0.0956 e. The number of rotatable bonds is 6. The van der Waals surface area contributed by atoms with Crippen molar-refractivity contribution in [1.29, 1.82) is 0 Å². The second kappa shape index (κ2) is 7.41. The lowest BCUT2D eigenvalue weighted by atomic mass is 10.0. The van der Waals surface area contributed by atoms with Gasteiger partial charge in [0.05, 0.1) is 18.0 Å². The first-order valence-corrected chi connectivity index (χ1v) is 7.35. The van der Waals surface area contributed by atoms with Gasteiger partial charge in [0.25, 0.3) is 0 Å². The van der Waals surface area contributed by atoms with Crippen LogP contribution < -0.4 is 10.0 Å². The van der Waals surface area contributed by atoms with Gasteiger partial charge in [-0.25, -0.2) is 4.99 Å². The largest absolute Gasteiger partial charge is 0.545 e. The number of anilines is 1. The summed E-state index contributed by atoms with van der Waals surface area (Å²) in [4.78, 5) is 17.5. The molecular formula is C18H19N2O2-. The molecule has 0 aliphatic carbocycles. The number of aliphatic imine (C=N–C) groups is 1. The summed E-state index contributed by atoms with van der Waals surface area (Å²) in [6.07, 6.45) is 2.39. The van der Waals surface area contributed by atoms with E-state index in [0.717, 1.165) is 23.5 Å². The summed E-state index contributed by atoms with van der Waals surface area (Å²) in [5, 5.41) is 11.0. The standard InChI is InChI=1S/C18H20N2O2/c1-3-14-12-15(10-11-17(14)18(21)22)19-13-20(4-2)16-8-6-5-7-9-16/h5-13H,3-4H2,1-2H3,(H,21,22)/p-1. The average molecular weight is 295 g/mol. The molecule has 0 N–H and O–H groups in total. The van der Waals surface area contributed by atoms with Crippen LogP contribution in [0.5, 0.6) is 0 Å². The number of aromatic carboxylic acids is 1. The summed E-state index contributed by atoms with van der Waals surface area (Å²) in [7, 11) is 0. The Morgan fingerprint density at radius 1 is 1.18 bits per heavy atom. The highest BCUT2D eigenvalue weighted by molar-refractivity contribution is 5.88. The third kappa shape index (κ3) is 3.73. The normalized spacial score (nSPS) is 10.8. The minimum atomic E-state index is -1.15. The Labute approximate surface area is 130 Å². The molecule has 0 aliphatic rings. The SMILES string of the molecule is CCc1cc(N=CN(CC)c2ccccc2)ccc1C(=O)[O-]. The average Bonchev–Trinajstić information content (AvgIpc) is 2.56. The highest BCUT2D eigenvalue weighted by Crippen LogP contribution is 2.19. The van der Waals surface area contributed by atoms with Crippen LogP contribution in [-0.4, -0.2) is 18.9 Å². The van der Waals surface area contributed by atoms with Crippen LogP contribution in [-0.2, 0) is 6.42 Å². The van der Waals surface area contributed by atoms with Gasteiger partial charge in [0.1, 0.15) is 0 Å². The number of aryl methyl sites for hydroxylation is 1. The summed E-state index contributed by atoms with van der Waals surface area (Å²) in [6, 6.07) is 15.0. The molecule has 0 spiro atoms. The Morgan fingerprint density at radius 2 is 1.91 bits per heavy atom. The van der Waals surface area contributed by atoms with Crippen LogP contribution in [0, 0.1) is 0 Å². The molecule has 0 aromatic heterocycles. The van der Waals surface area contributed by atoms with E-state index in [9.17, 15) is 9.90 Å². The van der Waals surface area contributed by atoms with Gasteiger partial charge in [-0.05, 0) is 43.2 Å². The monoisotopic (exact) mass is 295 g/mol. The Kier molecular flexibility index (Phi) is 5.31. The maximum atomic E-state index is 11.0. The van der Waals surface area contributed by atoms with Gasteiger partial charge in [-0.15, -0.1) is 0 Å².